The van der Waals surface area contributed by atoms with E-state index in [4.69, 9.17) is 4.74 Å². The molecular formula is C19H20BrNO5S2. The van der Waals surface area contributed by atoms with Gasteiger partial charge < -0.3 is 4.74 Å². The van der Waals surface area contributed by atoms with Crippen molar-refractivity contribution in [1.29, 1.82) is 0 Å². The average Bonchev–Trinajstić information content (AvgIpc) is 2.59. The maximum absolute atomic E-state index is 12.4. The van der Waals surface area contributed by atoms with Crippen LogP contribution >= 0.6 is 27.7 Å². The summed E-state index contributed by atoms with van der Waals surface area (Å²) in [6.07, 6.45) is 0.106. The first-order valence-corrected chi connectivity index (χ1v) is 11.9. The van der Waals surface area contributed by atoms with Crippen LogP contribution in [0.4, 0.5) is 5.69 Å². The first kappa shape index (κ1) is 22.4. The lowest BCUT2D eigenvalue weighted by atomic mass is 10.1. The summed E-state index contributed by atoms with van der Waals surface area (Å²) in [5.74, 6) is -0.746. The van der Waals surface area contributed by atoms with Gasteiger partial charge in [-0.05, 0) is 61.9 Å². The number of anilines is 1. The molecule has 2 rings (SSSR count). The van der Waals surface area contributed by atoms with E-state index in [0.29, 0.717) is 11.3 Å². The van der Waals surface area contributed by atoms with Crippen LogP contribution in [-0.2, 0) is 19.6 Å². The van der Waals surface area contributed by atoms with Crippen LogP contribution in [0.1, 0.15) is 22.8 Å². The molecule has 0 fully saturated rings. The summed E-state index contributed by atoms with van der Waals surface area (Å²) in [7, 11) is -3.39. The van der Waals surface area contributed by atoms with E-state index in [1.54, 1.807) is 0 Å². The topological polar surface area (TPSA) is 89.5 Å². The summed E-state index contributed by atoms with van der Waals surface area (Å²) in [5.41, 5.74) is 1.72. The molecule has 1 unspecified atom stereocenters. The molecule has 0 aliphatic rings. The Morgan fingerprint density at radius 2 is 1.82 bits per heavy atom. The van der Waals surface area contributed by atoms with Crippen molar-refractivity contribution in [3.8, 4) is 0 Å². The molecule has 6 nitrogen and oxygen atoms in total. The van der Waals surface area contributed by atoms with E-state index >= 15 is 0 Å². The molecule has 150 valence electrons. The third kappa shape index (κ3) is 6.96. The van der Waals surface area contributed by atoms with Crippen LogP contribution in [0.3, 0.4) is 0 Å². The summed E-state index contributed by atoms with van der Waals surface area (Å²) in [6, 6.07) is 11.7. The molecular weight excluding hydrogens is 466 g/mol. The third-order valence-corrected chi connectivity index (χ3v) is 5.88. The van der Waals surface area contributed by atoms with Crippen molar-refractivity contribution in [2.75, 3.05) is 16.7 Å². The van der Waals surface area contributed by atoms with Crippen molar-refractivity contribution >= 4 is 55.2 Å². The second kappa shape index (κ2) is 9.58. The van der Waals surface area contributed by atoms with Gasteiger partial charge in [-0.3, -0.25) is 14.3 Å². The number of rotatable bonds is 8. The number of esters is 1. The molecule has 0 saturated carbocycles. The van der Waals surface area contributed by atoms with E-state index in [0.717, 1.165) is 21.2 Å². The highest BCUT2D eigenvalue weighted by Crippen LogP contribution is 2.25. The van der Waals surface area contributed by atoms with Gasteiger partial charge in [0, 0.05) is 20.6 Å². The van der Waals surface area contributed by atoms with Crippen molar-refractivity contribution < 1.29 is 22.7 Å². The lowest BCUT2D eigenvalue weighted by Gasteiger charge is -2.13. The molecule has 0 aliphatic heterocycles. The van der Waals surface area contributed by atoms with E-state index in [-0.39, 0.29) is 11.5 Å². The molecule has 0 radical (unpaired) electrons. The van der Waals surface area contributed by atoms with Crippen LogP contribution in [0.5, 0.6) is 0 Å². The molecule has 2 aromatic carbocycles. The van der Waals surface area contributed by atoms with E-state index in [1.807, 2.05) is 25.1 Å². The number of ether oxygens (including phenoxy) is 1. The van der Waals surface area contributed by atoms with Gasteiger partial charge in [0.1, 0.15) is 0 Å². The van der Waals surface area contributed by atoms with Gasteiger partial charge in [-0.15, -0.1) is 11.8 Å². The maximum atomic E-state index is 12.4. The monoisotopic (exact) mass is 485 g/mol. The molecule has 0 saturated heterocycles. The smallest absolute Gasteiger partial charge is 0.316 e. The number of ketones is 1. The Morgan fingerprint density at radius 1 is 1.18 bits per heavy atom. The van der Waals surface area contributed by atoms with E-state index in [9.17, 15) is 18.0 Å². The summed E-state index contributed by atoms with van der Waals surface area (Å²) in [5, 5.41) is 0. The van der Waals surface area contributed by atoms with Crippen LogP contribution in [0, 0.1) is 6.92 Å². The van der Waals surface area contributed by atoms with E-state index in [2.05, 4.69) is 20.7 Å². The fourth-order valence-corrected chi connectivity index (χ4v) is 4.18. The van der Waals surface area contributed by atoms with Crippen molar-refractivity contribution in [3.05, 3.63) is 58.1 Å². The van der Waals surface area contributed by atoms with Gasteiger partial charge in [0.05, 0.1) is 12.0 Å². The van der Waals surface area contributed by atoms with Gasteiger partial charge in [0.2, 0.25) is 15.8 Å². The quantitative estimate of drug-likeness (QED) is 0.344. The molecule has 0 spiro atoms. The van der Waals surface area contributed by atoms with Gasteiger partial charge in [-0.25, -0.2) is 8.42 Å². The lowest BCUT2D eigenvalue weighted by molar-refractivity contribution is -0.143. The SMILES string of the molecule is Cc1cc(Br)ccc1SCC(=O)OC(C)C(=O)c1ccc(NS(C)(=O)=O)cc1. The third-order valence-electron chi connectivity index (χ3n) is 3.63. The second-order valence-electron chi connectivity index (χ2n) is 6.15. The van der Waals surface area contributed by atoms with Crippen LogP contribution in [-0.4, -0.2) is 38.3 Å². The zero-order chi connectivity index (χ0) is 20.9. The zero-order valence-corrected chi connectivity index (χ0v) is 18.8. The Bertz CT molecular complexity index is 974. The summed E-state index contributed by atoms with van der Waals surface area (Å²) < 4.78 is 30.9. The average molecular weight is 486 g/mol. The number of halogens is 1. The molecule has 1 atom stereocenters. The highest BCUT2D eigenvalue weighted by molar-refractivity contribution is 9.10. The predicted molar refractivity (Wildman–Crippen MR) is 114 cm³/mol. The molecule has 28 heavy (non-hydrogen) atoms. The van der Waals surface area contributed by atoms with E-state index < -0.39 is 22.1 Å². The Kier molecular flexibility index (Phi) is 7.68. The van der Waals surface area contributed by atoms with Gasteiger partial charge in [0.15, 0.2) is 6.10 Å². The van der Waals surface area contributed by atoms with Crippen molar-refractivity contribution in [1.82, 2.24) is 0 Å². The number of thioether (sulfide) groups is 1. The van der Waals surface area contributed by atoms with Crippen LogP contribution < -0.4 is 4.72 Å². The van der Waals surface area contributed by atoms with Crippen molar-refractivity contribution in [2.24, 2.45) is 0 Å². The summed E-state index contributed by atoms with van der Waals surface area (Å²) >= 11 is 4.74. The minimum Gasteiger partial charge on any atom is -0.454 e. The first-order valence-electron chi connectivity index (χ1n) is 8.25. The summed E-state index contributed by atoms with van der Waals surface area (Å²) in [6.45, 7) is 3.46. The highest BCUT2D eigenvalue weighted by Gasteiger charge is 2.20. The number of nitrogens with one attached hydrogen (secondary N) is 1. The Morgan fingerprint density at radius 3 is 2.39 bits per heavy atom. The Hall–Kier alpha value is -1.84. The van der Waals surface area contributed by atoms with Gasteiger partial charge in [-0.2, -0.15) is 0 Å². The number of hydrogen-bond donors (Lipinski definition) is 1. The molecule has 0 heterocycles. The zero-order valence-electron chi connectivity index (χ0n) is 15.6. The molecule has 0 amide bonds. The highest BCUT2D eigenvalue weighted by atomic mass is 79.9. The Balaban J connectivity index is 1.91. The lowest BCUT2D eigenvalue weighted by Crippen LogP contribution is -2.25. The van der Waals surface area contributed by atoms with Gasteiger partial charge in [-0.1, -0.05) is 15.9 Å². The normalized spacial score (nSPS) is 12.3. The van der Waals surface area contributed by atoms with Crippen molar-refractivity contribution in [3.63, 3.8) is 0 Å². The number of sulfonamides is 1. The standard InChI is InChI=1S/C19H20BrNO5S2/c1-12-10-15(20)6-9-17(12)27-11-18(22)26-13(2)19(23)14-4-7-16(8-5-14)21-28(3,24)25/h4-10,13,21H,11H2,1-3H3. The number of carbonyl (C=O) groups is 2. The first-order chi connectivity index (χ1) is 13.0. The largest absolute Gasteiger partial charge is 0.454 e. The minimum absolute atomic E-state index is 0.0946. The van der Waals surface area contributed by atoms with Gasteiger partial charge >= 0.3 is 5.97 Å². The predicted octanol–water partition coefficient (Wildman–Crippen LogP) is 4.04. The van der Waals surface area contributed by atoms with Crippen molar-refractivity contribution in [2.45, 2.75) is 24.8 Å². The molecule has 0 aromatic heterocycles. The number of aryl methyl sites for hydroxylation is 1. The number of hydrogen-bond acceptors (Lipinski definition) is 6. The van der Waals surface area contributed by atoms with Crippen LogP contribution in [0.2, 0.25) is 0 Å². The number of benzene rings is 2. The molecule has 2 aromatic rings. The van der Waals surface area contributed by atoms with Crippen LogP contribution in [0.15, 0.2) is 51.8 Å². The summed E-state index contributed by atoms with van der Waals surface area (Å²) in [4.78, 5) is 25.5. The number of Topliss-reactive ketones (excluding diaryl/α,β-unsaturated/α-hetero) is 1. The molecule has 0 aliphatic carbocycles. The fourth-order valence-electron chi connectivity index (χ4n) is 2.35. The molecule has 1 N–H and O–H groups in total. The van der Waals surface area contributed by atoms with Gasteiger partial charge in [0.25, 0.3) is 0 Å². The minimum atomic E-state index is -3.39. The molecule has 0 bridgehead atoms. The Labute approximate surface area is 177 Å². The second-order valence-corrected chi connectivity index (χ2v) is 9.83. The maximum Gasteiger partial charge on any atom is 0.316 e. The number of carbonyl (C=O) groups excluding carboxylic acids is 2. The van der Waals surface area contributed by atoms with E-state index in [1.165, 1.54) is 43.0 Å². The molecule has 9 heteroatoms. The van der Waals surface area contributed by atoms with Crippen LogP contribution in [0.25, 0.3) is 0 Å². The fraction of sp³-hybridized carbons (Fsp3) is 0.263.